The molecule has 0 unspecified atom stereocenters. The number of hydrogen-bond donors (Lipinski definition) is 0. The summed E-state index contributed by atoms with van der Waals surface area (Å²) in [6, 6.07) is 71.1. The highest BCUT2D eigenvalue weighted by Gasteiger charge is 2.48. The lowest BCUT2D eigenvalue weighted by molar-refractivity contribution is 0.946. The van der Waals surface area contributed by atoms with E-state index >= 15 is 0 Å². The molecule has 0 saturated carbocycles. The second-order valence-electron chi connectivity index (χ2n) is 19.1. The van der Waals surface area contributed by atoms with Crippen molar-refractivity contribution < 1.29 is 0 Å². The third kappa shape index (κ3) is 4.73. The van der Waals surface area contributed by atoms with E-state index in [2.05, 4.69) is 235 Å². The molecule has 2 aliphatic rings. The first-order chi connectivity index (χ1) is 32.9. The Morgan fingerprint density at radius 1 is 0.313 bits per heavy atom. The lowest BCUT2D eigenvalue weighted by Crippen LogP contribution is -2.61. The van der Waals surface area contributed by atoms with E-state index in [0.29, 0.717) is 0 Å². The number of benzene rings is 11. The van der Waals surface area contributed by atoms with Gasteiger partial charge in [-0.05, 0) is 143 Å². The smallest absolute Gasteiger partial charge is 0.257 e. The van der Waals surface area contributed by atoms with Crippen molar-refractivity contribution in [3.05, 3.63) is 199 Å². The molecule has 0 saturated heterocycles. The molecular weight excluding hydrogens is 812 g/mol. The molecule has 0 N–H and O–H groups in total. The average molecular weight is 855 g/mol. The minimum Gasteiger partial charge on any atom is -0.330 e. The van der Waals surface area contributed by atoms with Crippen LogP contribution in [0.4, 0.5) is 34.4 Å². The molecule has 2 aliphatic heterocycles. The van der Waals surface area contributed by atoms with Crippen molar-refractivity contribution in [1.29, 1.82) is 0 Å². The number of hydrogen-bond acceptors (Lipinski definition) is 2. The minimum absolute atomic E-state index is 0.0440. The Kier molecular flexibility index (Phi) is 7.28. The van der Waals surface area contributed by atoms with Crippen LogP contribution in [0.25, 0.3) is 86.4 Å². The van der Waals surface area contributed by atoms with Gasteiger partial charge < -0.3 is 9.13 Å². The standard InChI is InChI=1S/C62H43BN4/c1-36-27-31-52-50(33-36)58-61(64(52)3)66(38-29-30-46-41-17-6-5-15-39(41)40-16-8-10-21-45(40)49(46)35-38)55-25-14-26-56-60(55)63(58)59-51-34-37(2)28-32-53(51)65(4)62(59)67(56)54-24-13-23-48-44-19-9-7-18-42(44)43-20-11-12-22-47(43)57(48)54/h5-35H,1-4H3. The topological polar surface area (TPSA) is 16.3 Å². The van der Waals surface area contributed by atoms with E-state index in [1.807, 2.05) is 0 Å². The van der Waals surface area contributed by atoms with E-state index in [1.54, 1.807) is 0 Å². The zero-order valence-electron chi connectivity index (χ0n) is 37.8. The Morgan fingerprint density at radius 2 is 0.716 bits per heavy atom. The Hall–Kier alpha value is -8.28. The van der Waals surface area contributed by atoms with E-state index in [0.717, 1.165) is 5.69 Å². The molecule has 5 heteroatoms. The van der Waals surface area contributed by atoms with E-state index in [9.17, 15) is 0 Å². The van der Waals surface area contributed by atoms with Crippen LogP contribution in [0.2, 0.25) is 0 Å². The van der Waals surface area contributed by atoms with Crippen LogP contribution in [0, 0.1) is 13.8 Å². The van der Waals surface area contributed by atoms with Gasteiger partial charge in [0.15, 0.2) is 0 Å². The first-order valence-corrected chi connectivity index (χ1v) is 23.5. The van der Waals surface area contributed by atoms with E-state index in [-0.39, 0.29) is 6.71 Å². The molecular formula is C62H43BN4. The number of fused-ring (bicyclic) bond motifs is 20. The number of rotatable bonds is 2. The van der Waals surface area contributed by atoms with Gasteiger partial charge in [0.25, 0.3) is 6.71 Å². The summed E-state index contributed by atoms with van der Waals surface area (Å²) in [7, 11) is 4.56. The second kappa shape index (κ2) is 13.2. The third-order valence-corrected chi connectivity index (χ3v) is 15.5. The van der Waals surface area contributed by atoms with Crippen molar-refractivity contribution in [3.63, 3.8) is 0 Å². The molecule has 0 bridgehead atoms. The van der Waals surface area contributed by atoms with Crippen molar-refractivity contribution >= 4 is 144 Å². The number of nitrogens with zero attached hydrogens (tertiary/aromatic N) is 4. The van der Waals surface area contributed by atoms with Crippen LogP contribution in [0.5, 0.6) is 0 Å². The van der Waals surface area contributed by atoms with Gasteiger partial charge >= 0.3 is 0 Å². The maximum atomic E-state index is 2.63. The highest BCUT2D eigenvalue weighted by molar-refractivity contribution is 7.03. The molecule has 11 aromatic carbocycles. The summed E-state index contributed by atoms with van der Waals surface area (Å²) < 4.78 is 4.94. The summed E-state index contributed by atoms with van der Waals surface area (Å²) >= 11 is 0. The normalized spacial score (nSPS) is 13.3. The zero-order chi connectivity index (χ0) is 44.4. The van der Waals surface area contributed by atoms with Gasteiger partial charge in [0.2, 0.25) is 0 Å². The van der Waals surface area contributed by atoms with E-state index in [4.69, 9.17) is 0 Å². The molecule has 0 atom stereocenters. The quantitative estimate of drug-likeness (QED) is 0.127. The molecule has 0 aliphatic carbocycles. The van der Waals surface area contributed by atoms with Gasteiger partial charge in [-0.25, -0.2) is 0 Å². The SMILES string of the molecule is Cc1ccc2c(c1)c1c(n2C)N(c2ccc3c4ccccc4c4ccccc4c3c2)c2cccc3c2B1c1c(n(C)c2ccc(C)cc12)N3c1cccc2c3ccccc3c3ccccc3c12. The van der Waals surface area contributed by atoms with E-state index in [1.165, 1.54) is 143 Å². The fourth-order valence-electron chi connectivity index (χ4n) is 12.8. The molecule has 67 heavy (non-hydrogen) atoms. The molecule has 314 valence electrons. The van der Waals surface area contributed by atoms with Crippen LogP contribution in [0.3, 0.4) is 0 Å². The van der Waals surface area contributed by atoms with Gasteiger partial charge in [0, 0.05) is 47.6 Å². The minimum atomic E-state index is -0.0440. The van der Waals surface area contributed by atoms with Gasteiger partial charge in [-0.1, -0.05) is 157 Å². The Bertz CT molecular complexity index is 4280. The largest absolute Gasteiger partial charge is 0.330 e. The van der Waals surface area contributed by atoms with Crippen LogP contribution in [0.15, 0.2) is 188 Å². The summed E-state index contributed by atoms with van der Waals surface area (Å²) in [5.74, 6) is 2.43. The maximum absolute atomic E-state index is 2.63. The fourth-order valence-corrected chi connectivity index (χ4v) is 12.8. The van der Waals surface area contributed by atoms with Gasteiger partial charge in [0.05, 0.1) is 5.69 Å². The first-order valence-electron chi connectivity index (χ1n) is 23.5. The number of aromatic nitrogens is 2. The zero-order valence-corrected chi connectivity index (χ0v) is 37.8. The molecule has 13 aromatic rings. The molecule has 0 spiro atoms. The molecule has 15 rings (SSSR count). The highest BCUT2D eigenvalue weighted by atomic mass is 15.3. The van der Waals surface area contributed by atoms with Gasteiger partial charge in [-0.3, -0.25) is 9.80 Å². The first kappa shape index (κ1) is 37.0. The summed E-state index contributed by atoms with van der Waals surface area (Å²) in [6.45, 7) is 4.43. The third-order valence-electron chi connectivity index (χ3n) is 15.5. The molecule has 4 nitrogen and oxygen atoms in total. The van der Waals surface area contributed by atoms with Gasteiger partial charge in [-0.15, -0.1) is 0 Å². The fraction of sp³-hybridized carbons (Fsp3) is 0.0645. The molecule has 0 amide bonds. The van der Waals surface area contributed by atoms with Crippen molar-refractivity contribution in [2.24, 2.45) is 14.1 Å². The van der Waals surface area contributed by atoms with E-state index < -0.39 is 0 Å². The molecule has 4 heterocycles. The van der Waals surface area contributed by atoms with Crippen molar-refractivity contribution in [1.82, 2.24) is 9.13 Å². The Morgan fingerprint density at radius 3 is 1.25 bits per heavy atom. The predicted octanol–water partition coefficient (Wildman–Crippen LogP) is 14.3. The Labute approximate surface area is 388 Å². The molecule has 2 aromatic heterocycles. The van der Waals surface area contributed by atoms with Crippen molar-refractivity contribution in [3.8, 4) is 0 Å². The van der Waals surface area contributed by atoms with Crippen molar-refractivity contribution in [2.75, 3.05) is 9.80 Å². The monoisotopic (exact) mass is 854 g/mol. The summed E-state index contributed by atoms with van der Waals surface area (Å²) in [4.78, 5) is 5.22. The number of anilines is 6. The Balaban J connectivity index is 1.11. The summed E-state index contributed by atoms with van der Waals surface area (Å²) in [5, 5.41) is 17.9. The average Bonchev–Trinajstić information content (AvgIpc) is 3.82. The summed E-state index contributed by atoms with van der Waals surface area (Å²) in [6.07, 6.45) is 0. The van der Waals surface area contributed by atoms with Crippen LogP contribution < -0.4 is 26.2 Å². The lowest BCUT2D eigenvalue weighted by atomic mass is 9.33. The van der Waals surface area contributed by atoms with Gasteiger partial charge in [-0.2, -0.15) is 0 Å². The lowest BCUT2D eigenvalue weighted by Gasteiger charge is -2.43. The molecule has 0 fully saturated rings. The van der Waals surface area contributed by atoms with Crippen LogP contribution in [0.1, 0.15) is 11.1 Å². The molecule has 0 radical (unpaired) electrons. The predicted molar refractivity (Wildman–Crippen MR) is 288 cm³/mol. The highest BCUT2D eigenvalue weighted by Crippen LogP contribution is 2.50. The van der Waals surface area contributed by atoms with Crippen LogP contribution in [-0.4, -0.2) is 15.8 Å². The maximum Gasteiger partial charge on any atom is 0.257 e. The van der Waals surface area contributed by atoms with Crippen molar-refractivity contribution in [2.45, 2.75) is 13.8 Å². The van der Waals surface area contributed by atoms with Crippen LogP contribution >= 0.6 is 0 Å². The van der Waals surface area contributed by atoms with Crippen LogP contribution in [-0.2, 0) is 14.1 Å². The summed E-state index contributed by atoms with van der Waals surface area (Å²) in [5.41, 5.74) is 13.8. The number of aryl methyl sites for hydroxylation is 4. The second-order valence-corrected chi connectivity index (χ2v) is 19.1. The van der Waals surface area contributed by atoms with Gasteiger partial charge in [0.1, 0.15) is 11.6 Å².